The van der Waals surface area contributed by atoms with Gasteiger partial charge in [0.05, 0.1) is 17.2 Å². The number of nitrogens with two attached hydrogens (primary N) is 2. The number of fused-ring (bicyclic) bond motifs is 2. The molecule has 2 aromatic heterocycles. The maximum absolute atomic E-state index is 13.5. The van der Waals surface area contributed by atoms with Gasteiger partial charge in [-0.1, -0.05) is 11.2 Å². The van der Waals surface area contributed by atoms with Gasteiger partial charge in [0.15, 0.2) is 22.3 Å². The van der Waals surface area contributed by atoms with E-state index in [1.54, 1.807) is 6.33 Å². The van der Waals surface area contributed by atoms with Crippen LogP contribution in [0.2, 0.25) is 0 Å². The first-order valence-electron chi connectivity index (χ1n) is 14.5. The maximum Gasteiger partial charge on any atom is 0.352 e. The number of rotatable bonds is 10. The van der Waals surface area contributed by atoms with Crippen LogP contribution in [0.15, 0.2) is 46.3 Å². The van der Waals surface area contributed by atoms with E-state index in [4.69, 9.17) is 16.3 Å². The van der Waals surface area contributed by atoms with Crippen LogP contribution in [0, 0.1) is 0 Å². The summed E-state index contributed by atoms with van der Waals surface area (Å²) in [6, 6.07) is 2.01. The third-order valence-corrected chi connectivity index (χ3v) is 10.1. The monoisotopic (exact) mass is 696 g/mol. The molecular formula is C29H28N8O9S2. The molecule has 0 bridgehead atoms. The molecule has 17 nitrogen and oxygen atoms in total. The third kappa shape index (κ3) is 6.04. The van der Waals surface area contributed by atoms with Gasteiger partial charge in [0, 0.05) is 28.7 Å². The lowest BCUT2D eigenvalue weighted by Crippen LogP contribution is -2.71. The molecule has 4 heterocycles. The zero-order chi connectivity index (χ0) is 34.3. The summed E-state index contributed by atoms with van der Waals surface area (Å²) < 4.78 is 1.85. The number of benzene rings is 1. The van der Waals surface area contributed by atoms with Crippen molar-refractivity contribution in [1.29, 1.82) is 0 Å². The molecule has 3 atom stereocenters. The van der Waals surface area contributed by atoms with E-state index in [-0.39, 0.29) is 34.4 Å². The second-order valence-electron chi connectivity index (χ2n) is 11.1. The Balaban J connectivity index is 1.23. The fourth-order valence-electron chi connectivity index (χ4n) is 5.76. The number of carboxylic acids is 2. The maximum atomic E-state index is 13.5. The number of carbonyl (C=O) groups excluding carboxylic acids is 3. The molecule has 0 unspecified atom stereocenters. The molecule has 1 saturated heterocycles. The molecule has 1 fully saturated rings. The van der Waals surface area contributed by atoms with Crippen LogP contribution in [0.3, 0.4) is 0 Å². The second kappa shape index (κ2) is 13.0. The minimum atomic E-state index is -1.82. The zero-order valence-electron chi connectivity index (χ0n) is 24.9. The highest BCUT2D eigenvalue weighted by atomic mass is 32.2. The van der Waals surface area contributed by atoms with Crippen molar-refractivity contribution >= 4 is 63.5 Å². The number of aliphatic carboxylic acids is 2. The van der Waals surface area contributed by atoms with E-state index in [1.165, 1.54) is 23.2 Å². The molecule has 2 aliphatic heterocycles. The van der Waals surface area contributed by atoms with Crippen LogP contribution < -0.4 is 26.5 Å². The Kier molecular flexibility index (Phi) is 8.80. The molecule has 3 aliphatic rings. The molecule has 1 aromatic carbocycles. The van der Waals surface area contributed by atoms with Gasteiger partial charge in [-0.15, -0.1) is 23.1 Å². The summed E-state index contributed by atoms with van der Waals surface area (Å²) in [5.74, 6) is -5.20. The Labute approximate surface area is 279 Å². The number of oxime groups is 1. The number of carbonyl (C=O) groups is 4. The van der Waals surface area contributed by atoms with Crippen LogP contribution >= 0.6 is 23.1 Å². The molecule has 6 rings (SSSR count). The number of amides is 2. The van der Waals surface area contributed by atoms with Gasteiger partial charge >= 0.3 is 5.97 Å². The number of nitrogens with one attached hydrogen (secondary N) is 1. The molecule has 19 heteroatoms. The van der Waals surface area contributed by atoms with Gasteiger partial charge in [0.2, 0.25) is 11.9 Å². The van der Waals surface area contributed by atoms with Gasteiger partial charge in [-0.3, -0.25) is 14.5 Å². The van der Waals surface area contributed by atoms with Crippen molar-refractivity contribution in [1.82, 2.24) is 20.2 Å². The standard InChI is InChI=1S/C29H28N8O9S2/c30-23-14-3-1-2-4-16(14)36(11-32-23)8-13-9-47-26-20(25(41)37(26)21(13)27(42)43)34-24(40)19(15-10-48-29(31)33-15)35-46-22(28(44)45)12-5-6-17(38)18(39)7-12/h5-7,10-11,20,22,26,30H,1-4,8-9H2,(H7,31,33,34,35,38,39,40,42,43,44,45)/t20-,22-,26-/m1/s1. The summed E-state index contributed by atoms with van der Waals surface area (Å²) >= 11 is 2.21. The predicted molar refractivity (Wildman–Crippen MR) is 167 cm³/mol. The lowest BCUT2D eigenvalue weighted by atomic mass is 9.96. The van der Waals surface area contributed by atoms with Gasteiger partial charge in [-0.05, 0) is 36.4 Å². The van der Waals surface area contributed by atoms with E-state index in [0.29, 0.717) is 11.4 Å². The summed E-state index contributed by atoms with van der Waals surface area (Å²) in [7, 11) is 0. The van der Waals surface area contributed by atoms with Crippen LogP contribution in [0.25, 0.3) is 0 Å². The van der Waals surface area contributed by atoms with Crippen molar-refractivity contribution in [3.8, 4) is 11.5 Å². The number of thioether (sulfide) groups is 1. The van der Waals surface area contributed by atoms with Crippen LogP contribution in [0.5, 0.6) is 11.5 Å². The number of nitrogen functional groups attached to an aromatic ring is 2. The van der Waals surface area contributed by atoms with Gasteiger partial charge in [-0.2, -0.15) is 0 Å². The van der Waals surface area contributed by atoms with Crippen molar-refractivity contribution in [3.63, 3.8) is 0 Å². The molecule has 1 aliphatic carbocycles. The number of β-lactam (4-membered cyclic amide) rings is 1. The largest absolute Gasteiger partial charge is 0.543 e. The second-order valence-corrected chi connectivity index (χ2v) is 13.1. The average molecular weight is 697 g/mol. The number of thiazole rings is 1. The van der Waals surface area contributed by atoms with Gasteiger partial charge < -0.3 is 46.8 Å². The average Bonchev–Trinajstić information content (AvgIpc) is 3.49. The molecular weight excluding hydrogens is 669 g/mol. The highest BCUT2D eigenvalue weighted by molar-refractivity contribution is 8.00. The highest BCUT2D eigenvalue weighted by Gasteiger charge is 2.53. The summed E-state index contributed by atoms with van der Waals surface area (Å²) in [6.07, 6.45) is 3.19. The van der Waals surface area contributed by atoms with E-state index >= 15 is 0 Å². The van der Waals surface area contributed by atoms with E-state index < -0.39 is 58.5 Å². The van der Waals surface area contributed by atoms with Crippen molar-refractivity contribution in [2.24, 2.45) is 5.16 Å². The fourth-order valence-corrected chi connectivity index (χ4v) is 7.65. The van der Waals surface area contributed by atoms with E-state index in [1.807, 2.05) is 4.57 Å². The Morgan fingerprint density at radius 3 is 2.67 bits per heavy atom. The SMILES string of the molecule is Nc1nc(/C(=N/O[C@@H](C(=O)O)c2ccc(O)c(O)c2)C(=O)N[C@@H]2C(=O)N3C(C(=O)[O-])=C(C[n+]4cnc(N)c5c4CCCC5)CS[C@H]23)cs1. The van der Waals surface area contributed by atoms with E-state index in [2.05, 4.69) is 20.4 Å². The van der Waals surface area contributed by atoms with Crippen molar-refractivity contribution < 1.29 is 49.0 Å². The minimum absolute atomic E-state index is 0.0594. The van der Waals surface area contributed by atoms with Crippen LogP contribution in [0.4, 0.5) is 10.9 Å². The predicted octanol–water partition coefficient (Wildman–Crippen LogP) is -1.07. The number of hydrogen-bond acceptors (Lipinski definition) is 15. The summed E-state index contributed by atoms with van der Waals surface area (Å²) in [5.41, 5.74) is 13.2. The highest BCUT2D eigenvalue weighted by Crippen LogP contribution is 2.40. The van der Waals surface area contributed by atoms with Crippen molar-refractivity contribution in [2.45, 2.75) is 49.7 Å². The van der Waals surface area contributed by atoms with E-state index in [0.717, 1.165) is 65.3 Å². The van der Waals surface area contributed by atoms with Crippen LogP contribution in [-0.4, -0.2) is 76.8 Å². The summed E-state index contributed by atoms with van der Waals surface area (Å²) in [5, 5.41) is 48.4. The molecule has 8 N–H and O–H groups in total. The number of carboxylic acid groups (broad SMARTS) is 2. The number of aromatic hydroxyl groups is 2. The molecule has 0 spiro atoms. The zero-order valence-corrected chi connectivity index (χ0v) is 26.5. The number of hydrogen-bond donors (Lipinski definition) is 6. The lowest BCUT2D eigenvalue weighted by Gasteiger charge is -2.50. The molecule has 3 aromatic rings. The van der Waals surface area contributed by atoms with Gasteiger partial charge in [0.25, 0.3) is 18.1 Å². The van der Waals surface area contributed by atoms with Gasteiger partial charge in [-0.25, -0.2) is 14.3 Å². The van der Waals surface area contributed by atoms with Crippen LogP contribution in [-0.2, 0) is 43.4 Å². The molecule has 48 heavy (non-hydrogen) atoms. The summed E-state index contributed by atoms with van der Waals surface area (Å²) in [4.78, 5) is 65.9. The molecule has 0 radical (unpaired) electrons. The Morgan fingerprint density at radius 2 is 1.98 bits per heavy atom. The minimum Gasteiger partial charge on any atom is -0.543 e. The molecule has 250 valence electrons. The number of phenols is 2. The molecule has 2 amide bonds. The first kappa shape index (κ1) is 32.5. The Morgan fingerprint density at radius 1 is 1.21 bits per heavy atom. The number of phenolic OH excluding ortho intramolecular Hbond substituents is 2. The first-order valence-corrected chi connectivity index (χ1v) is 16.4. The van der Waals surface area contributed by atoms with Crippen molar-refractivity contribution in [3.05, 3.63) is 63.7 Å². The normalized spacial score (nSPS) is 19.5. The number of aromatic nitrogens is 3. The summed E-state index contributed by atoms with van der Waals surface area (Å²) in [6.45, 7) is 0.155. The first-order chi connectivity index (χ1) is 22.9. The van der Waals surface area contributed by atoms with E-state index in [9.17, 15) is 39.6 Å². The smallest absolute Gasteiger partial charge is 0.352 e. The topological polar surface area (TPSA) is 271 Å². The Bertz CT molecular complexity index is 1910. The number of nitrogens with zero attached hydrogens (tertiary/aromatic N) is 5. The number of anilines is 2. The third-order valence-electron chi connectivity index (χ3n) is 8.07. The quantitative estimate of drug-likeness (QED) is 0.0485. The van der Waals surface area contributed by atoms with Gasteiger partial charge in [0.1, 0.15) is 29.3 Å². The van der Waals surface area contributed by atoms with Crippen LogP contribution in [0.1, 0.15) is 41.5 Å². The van der Waals surface area contributed by atoms with Crippen molar-refractivity contribution in [2.75, 3.05) is 17.2 Å². The lowest BCUT2D eigenvalue weighted by molar-refractivity contribution is -0.699. The fraction of sp³-hybridized carbons (Fsp3) is 0.310. The Hall–Kier alpha value is -5.43. The molecule has 0 saturated carbocycles.